The van der Waals surface area contributed by atoms with Crippen LogP contribution in [0.5, 0.6) is 0 Å². The number of rotatable bonds is 8. The van der Waals surface area contributed by atoms with Gasteiger partial charge in [-0.1, -0.05) is 30.3 Å². The molecule has 1 aromatic heterocycles. The second kappa shape index (κ2) is 11.1. The predicted octanol–water partition coefficient (Wildman–Crippen LogP) is 4.67. The van der Waals surface area contributed by atoms with E-state index in [1.54, 1.807) is 18.4 Å². The summed E-state index contributed by atoms with van der Waals surface area (Å²) < 4.78 is 5.36. The average molecular weight is 514 g/mol. The van der Waals surface area contributed by atoms with Crippen molar-refractivity contribution in [1.29, 1.82) is 0 Å². The monoisotopic (exact) mass is 514 g/mol. The van der Waals surface area contributed by atoms with Crippen LogP contribution in [0.15, 0.2) is 40.7 Å². The van der Waals surface area contributed by atoms with Gasteiger partial charge in [0.15, 0.2) is 5.96 Å². The maximum Gasteiger partial charge on any atom is 0.194 e. The van der Waals surface area contributed by atoms with Crippen LogP contribution in [0.3, 0.4) is 0 Å². The zero-order valence-corrected chi connectivity index (χ0v) is 20.2. The Morgan fingerprint density at radius 2 is 2.14 bits per heavy atom. The smallest absolute Gasteiger partial charge is 0.194 e. The molecular formula is C21H31IN4OS. The number of hydrogen-bond donors (Lipinski definition) is 1. The largest absolute Gasteiger partial charge is 0.375 e. The number of nitrogens with zero attached hydrogens (tertiary/aromatic N) is 3. The van der Waals surface area contributed by atoms with E-state index in [0.717, 1.165) is 36.3 Å². The summed E-state index contributed by atoms with van der Waals surface area (Å²) in [5.74, 6) is 2.27. The van der Waals surface area contributed by atoms with Gasteiger partial charge in [-0.05, 0) is 37.7 Å². The third-order valence-corrected chi connectivity index (χ3v) is 6.05. The molecule has 154 valence electrons. The van der Waals surface area contributed by atoms with Crippen molar-refractivity contribution in [1.82, 2.24) is 15.2 Å². The lowest BCUT2D eigenvalue weighted by molar-refractivity contribution is 0.119. The van der Waals surface area contributed by atoms with Crippen LogP contribution >= 0.6 is 35.3 Å². The molecule has 0 saturated heterocycles. The third kappa shape index (κ3) is 6.15. The van der Waals surface area contributed by atoms with E-state index in [1.165, 1.54) is 12.0 Å². The molecule has 5 nitrogen and oxygen atoms in total. The van der Waals surface area contributed by atoms with Crippen LogP contribution in [-0.4, -0.2) is 43.1 Å². The quantitative estimate of drug-likeness (QED) is 0.316. The molecule has 3 atom stereocenters. The third-order valence-electron chi connectivity index (χ3n) is 4.99. The lowest BCUT2D eigenvalue weighted by Gasteiger charge is -2.21. The van der Waals surface area contributed by atoms with E-state index in [1.807, 2.05) is 6.92 Å². The molecule has 3 unspecified atom stereocenters. The highest BCUT2D eigenvalue weighted by Crippen LogP contribution is 2.47. The van der Waals surface area contributed by atoms with Crippen molar-refractivity contribution in [3.8, 4) is 0 Å². The van der Waals surface area contributed by atoms with Crippen LogP contribution in [0.1, 0.15) is 48.6 Å². The van der Waals surface area contributed by atoms with Crippen molar-refractivity contribution >= 4 is 41.3 Å². The zero-order chi connectivity index (χ0) is 19.2. The fourth-order valence-electron chi connectivity index (χ4n) is 3.23. The number of aromatic nitrogens is 1. The molecule has 0 amide bonds. The van der Waals surface area contributed by atoms with Gasteiger partial charge in [0.2, 0.25) is 0 Å². The van der Waals surface area contributed by atoms with E-state index in [2.05, 4.69) is 59.9 Å². The molecule has 0 radical (unpaired) electrons. The average Bonchev–Trinajstić information content (AvgIpc) is 3.33. The van der Waals surface area contributed by atoms with E-state index < -0.39 is 0 Å². The molecule has 1 aromatic carbocycles. The van der Waals surface area contributed by atoms with Gasteiger partial charge in [-0.15, -0.1) is 35.3 Å². The number of nitrogens with one attached hydrogen (secondary N) is 1. The van der Waals surface area contributed by atoms with Crippen molar-refractivity contribution in [2.75, 3.05) is 27.2 Å². The van der Waals surface area contributed by atoms with Gasteiger partial charge in [0, 0.05) is 32.6 Å². The van der Waals surface area contributed by atoms with Crippen LogP contribution in [0, 0.1) is 5.92 Å². The molecule has 0 aliphatic heterocycles. The van der Waals surface area contributed by atoms with Gasteiger partial charge in [-0.2, -0.15) is 0 Å². The Hall–Kier alpha value is -1.19. The van der Waals surface area contributed by atoms with Gasteiger partial charge < -0.3 is 15.0 Å². The molecule has 2 aromatic rings. The van der Waals surface area contributed by atoms with Crippen LogP contribution in [0.2, 0.25) is 0 Å². The predicted molar refractivity (Wildman–Crippen MR) is 128 cm³/mol. The van der Waals surface area contributed by atoms with Crippen molar-refractivity contribution < 1.29 is 4.74 Å². The number of benzene rings is 1. The fraction of sp³-hybridized carbons (Fsp3) is 0.524. The summed E-state index contributed by atoms with van der Waals surface area (Å²) in [5.41, 5.74) is 2.50. The number of halogens is 1. The summed E-state index contributed by atoms with van der Waals surface area (Å²) in [6.07, 6.45) is 1.28. The van der Waals surface area contributed by atoms with Crippen LogP contribution in [0.4, 0.5) is 0 Å². The highest BCUT2D eigenvalue weighted by molar-refractivity contribution is 14.0. The van der Waals surface area contributed by atoms with E-state index in [0.29, 0.717) is 11.8 Å². The molecule has 7 heteroatoms. The second-order valence-electron chi connectivity index (χ2n) is 7.12. The molecule has 1 heterocycles. The first-order chi connectivity index (χ1) is 13.1. The molecule has 1 fully saturated rings. The fourth-order valence-corrected chi connectivity index (χ4v) is 4.07. The lowest BCUT2D eigenvalue weighted by atomic mass is 10.1. The Balaban J connectivity index is 0.00000280. The SMILES string of the molecule is CCNC(=NCC1CC1c1ccccc1)N(C)Cc1csc(C(C)OC)n1.I. The summed E-state index contributed by atoms with van der Waals surface area (Å²) in [6.45, 7) is 6.60. The maximum absolute atomic E-state index is 5.36. The Morgan fingerprint density at radius 1 is 1.39 bits per heavy atom. The van der Waals surface area contributed by atoms with Gasteiger partial charge in [0.1, 0.15) is 11.1 Å². The van der Waals surface area contributed by atoms with E-state index in [-0.39, 0.29) is 30.1 Å². The highest BCUT2D eigenvalue weighted by atomic mass is 127. The molecule has 1 N–H and O–H groups in total. The van der Waals surface area contributed by atoms with Crippen LogP contribution < -0.4 is 5.32 Å². The lowest BCUT2D eigenvalue weighted by Crippen LogP contribution is -2.38. The first kappa shape index (κ1) is 23.1. The minimum absolute atomic E-state index is 0. The number of ether oxygens (including phenoxy) is 1. The normalized spacial score (nSPS) is 19.6. The summed E-state index contributed by atoms with van der Waals surface area (Å²) in [4.78, 5) is 11.7. The molecule has 0 spiro atoms. The number of guanidine groups is 1. The molecule has 1 saturated carbocycles. The van der Waals surface area contributed by atoms with E-state index in [4.69, 9.17) is 14.7 Å². The van der Waals surface area contributed by atoms with Crippen molar-refractivity contribution in [3.05, 3.63) is 52.0 Å². The first-order valence-electron chi connectivity index (χ1n) is 9.63. The Labute approximate surface area is 189 Å². The highest BCUT2D eigenvalue weighted by Gasteiger charge is 2.37. The van der Waals surface area contributed by atoms with E-state index in [9.17, 15) is 0 Å². The number of thiazole rings is 1. The minimum atomic E-state index is 0. The van der Waals surface area contributed by atoms with Crippen molar-refractivity contribution in [2.45, 2.75) is 38.8 Å². The molecule has 1 aliphatic carbocycles. The van der Waals surface area contributed by atoms with Gasteiger partial charge in [0.25, 0.3) is 0 Å². The number of methoxy groups -OCH3 is 1. The van der Waals surface area contributed by atoms with Gasteiger partial charge in [0.05, 0.1) is 12.2 Å². The zero-order valence-electron chi connectivity index (χ0n) is 17.1. The minimum Gasteiger partial charge on any atom is -0.375 e. The Bertz CT molecular complexity index is 752. The summed E-state index contributed by atoms with van der Waals surface area (Å²) in [5, 5.41) is 6.54. The Morgan fingerprint density at radius 3 is 2.82 bits per heavy atom. The van der Waals surface area contributed by atoms with Crippen molar-refractivity contribution in [2.24, 2.45) is 10.9 Å². The molecular weight excluding hydrogens is 483 g/mol. The van der Waals surface area contributed by atoms with Gasteiger partial charge in [-0.3, -0.25) is 4.99 Å². The number of hydrogen-bond acceptors (Lipinski definition) is 4. The molecule has 3 rings (SSSR count). The summed E-state index contributed by atoms with van der Waals surface area (Å²) in [6, 6.07) is 10.8. The topological polar surface area (TPSA) is 49.8 Å². The molecule has 1 aliphatic rings. The molecule has 0 bridgehead atoms. The van der Waals surface area contributed by atoms with Gasteiger partial charge in [-0.25, -0.2) is 4.98 Å². The van der Waals surface area contributed by atoms with Crippen molar-refractivity contribution in [3.63, 3.8) is 0 Å². The standard InChI is InChI=1S/C21H30N4OS.HI/c1-5-22-21(23-12-17-11-19(17)16-9-7-6-8-10-16)25(3)13-18-14-27-20(24-18)15(2)26-4;/h6-10,14-15,17,19H,5,11-13H2,1-4H3,(H,22,23);1H. The van der Waals surface area contributed by atoms with Crippen LogP contribution in [-0.2, 0) is 11.3 Å². The number of aliphatic imine (C=N–C) groups is 1. The Kier molecular flexibility index (Phi) is 9.17. The van der Waals surface area contributed by atoms with Crippen LogP contribution in [0.25, 0.3) is 0 Å². The van der Waals surface area contributed by atoms with E-state index >= 15 is 0 Å². The molecule has 28 heavy (non-hydrogen) atoms. The maximum atomic E-state index is 5.36. The second-order valence-corrected chi connectivity index (χ2v) is 8.01. The summed E-state index contributed by atoms with van der Waals surface area (Å²) >= 11 is 1.65. The first-order valence-corrected chi connectivity index (χ1v) is 10.5. The summed E-state index contributed by atoms with van der Waals surface area (Å²) in [7, 11) is 3.79. The van der Waals surface area contributed by atoms with Gasteiger partial charge >= 0.3 is 0 Å².